The molecule has 1 fully saturated rings. The van der Waals surface area contributed by atoms with Gasteiger partial charge in [0.1, 0.15) is 0 Å². The number of piperidine rings is 1. The molecule has 0 aliphatic carbocycles. The summed E-state index contributed by atoms with van der Waals surface area (Å²) in [6.07, 6.45) is 1.21. The zero-order valence-electron chi connectivity index (χ0n) is 9.61. The number of aliphatic hydroxyl groups excluding tert-OH is 1. The van der Waals surface area contributed by atoms with Crippen LogP contribution in [0.3, 0.4) is 0 Å². The van der Waals surface area contributed by atoms with Crippen molar-refractivity contribution in [1.82, 2.24) is 4.90 Å². The van der Waals surface area contributed by atoms with E-state index in [4.69, 9.17) is 4.74 Å². The zero-order chi connectivity index (χ0) is 11.3. The van der Waals surface area contributed by atoms with E-state index in [0.717, 1.165) is 19.5 Å². The summed E-state index contributed by atoms with van der Waals surface area (Å²) < 4.78 is 4.95. The number of ether oxygens (including phenoxy) is 1. The van der Waals surface area contributed by atoms with Gasteiger partial charge in [0.05, 0.1) is 18.6 Å². The van der Waals surface area contributed by atoms with Gasteiger partial charge < -0.3 is 14.7 Å². The molecule has 2 atom stereocenters. The second-order valence-electron chi connectivity index (χ2n) is 4.02. The molecule has 4 nitrogen and oxygen atoms in total. The van der Waals surface area contributed by atoms with Crippen LogP contribution in [0.4, 0.5) is 0 Å². The Bertz CT molecular complexity index is 208. The van der Waals surface area contributed by atoms with Gasteiger partial charge in [0.2, 0.25) is 0 Å². The Kier molecular flexibility index (Phi) is 5.05. The maximum atomic E-state index is 11.5. The molecule has 88 valence electrons. The van der Waals surface area contributed by atoms with Crippen molar-refractivity contribution in [3.8, 4) is 0 Å². The van der Waals surface area contributed by atoms with Gasteiger partial charge in [-0.3, -0.25) is 4.79 Å². The van der Waals surface area contributed by atoms with Crippen LogP contribution in [0, 0.1) is 5.92 Å². The highest BCUT2D eigenvalue weighted by molar-refractivity contribution is 5.73. The van der Waals surface area contributed by atoms with Crippen LogP contribution in [-0.2, 0) is 9.53 Å². The molecule has 0 aromatic carbocycles. The van der Waals surface area contributed by atoms with Crippen LogP contribution in [-0.4, -0.2) is 48.3 Å². The van der Waals surface area contributed by atoms with Gasteiger partial charge in [-0.15, -0.1) is 0 Å². The van der Waals surface area contributed by atoms with Crippen LogP contribution in [0.1, 0.15) is 26.7 Å². The van der Waals surface area contributed by atoms with Crippen LogP contribution >= 0.6 is 0 Å². The van der Waals surface area contributed by atoms with E-state index >= 15 is 0 Å². The summed E-state index contributed by atoms with van der Waals surface area (Å²) in [5, 5.41) is 9.72. The van der Waals surface area contributed by atoms with Crippen LogP contribution in [0.15, 0.2) is 0 Å². The molecule has 4 heteroatoms. The topological polar surface area (TPSA) is 49.8 Å². The lowest BCUT2D eigenvalue weighted by molar-refractivity contribution is -0.155. The third-order valence-corrected chi connectivity index (χ3v) is 2.79. The number of carbonyl (C=O) groups is 1. The first kappa shape index (κ1) is 12.5. The molecule has 1 heterocycles. The first-order chi connectivity index (χ1) is 7.19. The maximum absolute atomic E-state index is 11.5. The standard InChI is InChI=1S/C11H21NO3/c1-3-6-12-7-5-10(13)9(8-12)11(14)15-4-2/h9-10,13H,3-8H2,1-2H3. The maximum Gasteiger partial charge on any atom is 0.312 e. The fraction of sp³-hybridized carbons (Fsp3) is 0.909. The number of esters is 1. The molecular weight excluding hydrogens is 194 g/mol. The van der Waals surface area contributed by atoms with Crippen molar-refractivity contribution < 1.29 is 14.6 Å². The third-order valence-electron chi connectivity index (χ3n) is 2.79. The molecule has 0 aromatic rings. The molecule has 15 heavy (non-hydrogen) atoms. The summed E-state index contributed by atoms with van der Waals surface area (Å²) in [4.78, 5) is 13.8. The van der Waals surface area contributed by atoms with E-state index in [9.17, 15) is 9.90 Å². The quantitative estimate of drug-likeness (QED) is 0.699. The highest BCUT2D eigenvalue weighted by Gasteiger charge is 2.33. The minimum Gasteiger partial charge on any atom is -0.466 e. The number of hydrogen-bond acceptors (Lipinski definition) is 4. The molecule has 0 amide bonds. The van der Waals surface area contributed by atoms with Crippen molar-refractivity contribution in [3.63, 3.8) is 0 Å². The lowest BCUT2D eigenvalue weighted by atomic mass is 9.95. The Morgan fingerprint density at radius 1 is 1.53 bits per heavy atom. The number of likely N-dealkylation sites (tertiary alicyclic amines) is 1. The third kappa shape index (κ3) is 3.47. The van der Waals surface area contributed by atoms with Crippen LogP contribution in [0.5, 0.6) is 0 Å². The van der Waals surface area contributed by atoms with E-state index < -0.39 is 6.10 Å². The number of nitrogens with zero attached hydrogens (tertiary/aromatic N) is 1. The van der Waals surface area contributed by atoms with E-state index in [-0.39, 0.29) is 11.9 Å². The lowest BCUT2D eigenvalue weighted by Crippen LogP contribution is -2.47. The average molecular weight is 215 g/mol. The molecular formula is C11H21NO3. The molecule has 1 N–H and O–H groups in total. The summed E-state index contributed by atoms with van der Waals surface area (Å²) in [6.45, 7) is 6.79. The highest BCUT2D eigenvalue weighted by atomic mass is 16.5. The molecule has 1 rings (SSSR count). The van der Waals surface area contributed by atoms with E-state index in [1.165, 1.54) is 0 Å². The predicted molar refractivity (Wildman–Crippen MR) is 57.5 cm³/mol. The molecule has 0 spiro atoms. The Balaban J connectivity index is 2.49. The normalized spacial score (nSPS) is 27.7. The first-order valence-corrected chi connectivity index (χ1v) is 5.76. The van der Waals surface area contributed by atoms with Crippen molar-refractivity contribution in [2.24, 2.45) is 5.92 Å². The Morgan fingerprint density at radius 2 is 2.27 bits per heavy atom. The Hall–Kier alpha value is -0.610. The van der Waals surface area contributed by atoms with Gasteiger partial charge >= 0.3 is 5.97 Å². The minimum atomic E-state index is -0.530. The second-order valence-corrected chi connectivity index (χ2v) is 4.02. The van der Waals surface area contributed by atoms with Crippen molar-refractivity contribution in [2.75, 3.05) is 26.2 Å². The average Bonchev–Trinajstić information content (AvgIpc) is 2.21. The summed E-state index contributed by atoms with van der Waals surface area (Å²) in [5.74, 6) is -0.615. The van der Waals surface area contributed by atoms with Crippen molar-refractivity contribution in [1.29, 1.82) is 0 Å². The van der Waals surface area contributed by atoms with Crippen LogP contribution in [0.2, 0.25) is 0 Å². The second kappa shape index (κ2) is 6.08. The van der Waals surface area contributed by atoms with Crippen LogP contribution < -0.4 is 0 Å². The van der Waals surface area contributed by atoms with E-state index in [2.05, 4.69) is 11.8 Å². The van der Waals surface area contributed by atoms with Gasteiger partial charge in [0, 0.05) is 13.1 Å². The SMILES string of the molecule is CCCN1CCC(O)C(C(=O)OCC)C1. The summed E-state index contributed by atoms with van der Waals surface area (Å²) in [5.41, 5.74) is 0. The lowest BCUT2D eigenvalue weighted by Gasteiger charge is -2.34. The highest BCUT2D eigenvalue weighted by Crippen LogP contribution is 2.18. The first-order valence-electron chi connectivity index (χ1n) is 5.76. The molecule has 2 unspecified atom stereocenters. The van der Waals surface area contributed by atoms with E-state index in [1.807, 2.05) is 0 Å². The predicted octanol–water partition coefficient (Wildman–Crippen LogP) is 0.642. The van der Waals surface area contributed by atoms with E-state index in [0.29, 0.717) is 19.6 Å². The molecule has 0 bridgehead atoms. The summed E-state index contributed by atoms with van der Waals surface area (Å²) in [7, 11) is 0. The number of aliphatic hydroxyl groups is 1. The fourth-order valence-electron chi connectivity index (χ4n) is 2.01. The molecule has 0 radical (unpaired) electrons. The van der Waals surface area contributed by atoms with Gasteiger partial charge in [-0.2, -0.15) is 0 Å². The largest absolute Gasteiger partial charge is 0.466 e. The molecule has 1 aliphatic heterocycles. The smallest absolute Gasteiger partial charge is 0.312 e. The summed E-state index contributed by atoms with van der Waals surface area (Å²) >= 11 is 0. The van der Waals surface area contributed by atoms with Crippen molar-refractivity contribution in [3.05, 3.63) is 0 Å². The van der Waals surface area contributed by atoms with Gasteiger partial charge in [-0.25, -0.2) is 0 Å². The molecule has 1 aliphatic rings. The van der Waals surface area contributed by atoms with E-state index in [1.54, 1.807) is 6.92 Å². The van der Waals surface area contributed by atoms with Crippen molar-refractivity contribution in [2.45, 2.75) is 32.8 Å². The zero-order valence-corrected chi connectivity index (χ0v) is 9.61. The summed E-state index contributed by atoms with van der Waals surface area (Å²) in [6, 6.07) is 0. The fourth-order valence-corrected chi connectivity index (χ4v) is 2.01. The molecule has 1 saturated heterocycles. The number of rotatable bonds is 4. The van der Waals surface area contributed by atoms with Crippen molar-refractivity contribution >= 4 is 5.97 Å². The van der Waals surface area contributed by atoms with Gasteiger partial charge in [-0.05, 0) is 26.3 Å². The minimum absolute atomic E-state index is 0.259. The van der Waals surface area contributed by atoms with Crippen LogP contribution in [0.25, 0.3) is 0 Å². The molecule has 0 aromatic heterocycles. The van der Waals surface area contributed by atoms with Gasteiger partial charge in [0.15, 0.2) is 0 Å². The Labute approximate surface area is 91.2 Å². The Morgan fingerprint density at radius 3 is 2.87 bits per heavy atom. The van der Waals surface area contributed by atoms with Gasteiger partial charge in [-0.1, -0.05) is 6.92 Å². The van der Waals surface area contributed by atoms with Gasteiger partial charge in [0.25, 0.3) is 0 Å². The number of hydrogen-bond donors (Lipinski definition) is 1. The molecule has 0 saturated carbocycles. The number of carbonyl (C=O) groups excluding carboxylic acids is 1. The monoisotopic (exact) mass is 215 g/mol.